The van der Waals surface area contributed by atoms with Crippen LogP contribution >= 0.6 is 22.7 Å². The van der Waals surface area contributed by atoms with Crippen LogP contribution in [0.4, 0.5) is 0 Å². The zero-order valence-electron chi connectivity index (χ0n) is 7.71. The molecule has 0 bridgehead atoms. The van der Waals surface area contributed by atoms with Gasteiger partial charge in [-0.1, -0.05) is 12.1 Å². The summed E-state index contributed by atoms with van der Waals surface area (Å²) in [6.07, 6.45) is 0. The summed E-state index contributed by atoms with van der Waals surface area (Å²) in [5, 5.41) is 3.68. The molecule has 2 heterocycles. The van der Waals surface area contributed by atoms with Crippen LogP contribution in [0.5, 0.6) is 0 Å². The number of rotatable bonds is 4. The van der Waals surface area contributed by atoms with Gasteiger partial charge in [-0.15, -0.1) is 22.7 Å². The van der Waals surface area contributed by atoms with E-state index in [9.17, 15) is 8.42 Å². The van der Waals surface area contributed by atoms with Crippen LogP contribution in [0.2, 0.25) is 0 Å². The van der Waals surface area contributed by atoms with Gasteiger partial charge in [0.05, 0.1) is 0 Å². The minimum absolute atomic E-state index is 0.359. The fourth-order valence-electron chi connectivity index (χ4n) is 1.07. The molecule has 0 aliphatic carbocycles. The summed E-state index contributed by atoms with van der Waals surface area (Å²) in [7, 11) is -3.32. The Balaban J connectivity index is 2.06. The van der Waals surface area contributed by atoms with Crippen molar-refractivity contribution in [2.45, 2.75) is 10.8 Å². The first kappa shape index (κ1) is 10.8. The minimum Gasteiger partial charge on any atom is -0.206 e. The maximum Gasteiger partial charge on any atom is 0.250 e. The Kier molecular flexibility index (Phi) is 3.20. The summed E-state index contributed by atoms with van der Waals surface area (Å²) < 4.78 is 26.3. The molecule has 0 aliphatic rings. The first-order valence-electron chi connectivity index (χ1n) is 4.24. The Hall–Kier alpha value is -0.690. The average Bonchev–Trinajstić information content (AvgIpc) is 2.88. The summed E-state index contributed by atoms with van der Waals surface area (Å²) in [4.78, 5) is 1.01. The van der Waals surface area contributed by atoms with Gasteiger partial charge in [0, 0.05) is 11.4 Å². The third-order valence-electron chi connectivity index (χ3n) is 1.78. The first-order chi connectivity index (χ1) is 7.18. The van der Waals surface area contributed by atoms with Crippen LogP contribution in [0.3, 0.4) is 0 Å². The Morgan fingerprint density at radius 3 is 2.47 bits per heavy atom. The highest BCUT2D eigenvalue weighted by atomic mass is 32.2. The van der Waals surface area contributed by atoms with Crippen molar-refractivity contribution in [3.8, 4) is 0 Å². The average molecular weight is 259 g/mol. The van der Waals surface area contributed by atoms with Gasteiger partial charge < -0.3 is 0 Å². The molecule has 0 aromatic carbocycles. The summed E-state index contributed by atoms with van der Waals surface area (Å²) in [5.41, 5.74) is 0. The van der Waals surface area contributed by atoms with Gasteiger partial charge in [-0.3, -0.25) is 0 Å². The fourth-order valence-corrected chi connectivity index (χ4v) is 3.85. The van der Waals surface area contributed by atoms with Gasteiger partial charge in [-0.25, -0.2) is 13.1 Å². The first-order valence-corrected chi connectivity index (χ1v) is 7.48. The van der Waals surface area contributed by atoms with E-state index in [0.29, 0.717) is 10.8 Å². The SMILES string of the molecule is O=S(=O)(NCc1cccs1)c1cccs1. The summed E-state index contributed by atoms with van der Waals surface area (Å²) in [5.74, 6) is 0. The Morgan fingerprint density at radius 1 is 1.13 bits per heavy atom. The van der Waals surface area contributed by atoms with Crippen molar-refractivity contribution < 1.29 is 8.42 Å². The molecule has 0 unspecified atom stereocenters. The van der Waals surface area contributed by atoms with E-state index >= 15 is 0 Å². The standard InChI is InChI=1S/C9H9NO2S3/c11-15(12,9-4-2-6-14-9)10-7-8-3-1-5-13-8/h1-6,10H,7H2. The van der Waals surface area contributed by atoms with Crippen LogP contribution in [0.1, 0.15) is 4.88 Å². The second-order valence-electron chi connectivity index (χ2n) is 2.84. The quantitative estimate of drug-likeness (QED) is 0.915. The zero-order chi connectivity index (χ0) is 10.7. The molecule has 1 N–H and O–H groups in total. The van der Waals surface area contributed by atoms with E-state index in [1.54, 1.807) is 17.5 Å². The number of sulfonamides is 1. The predicted molar refractivity (Wildman–Crippen MR) is 62.7 cm³/mol. The van der Waals surface area contributed by atoms with Crippen molar-refractivity contribution in [2.24, 2.45) is 0 Å². The molecule has 0 saturated carbocycles. The smallest absolute Gasteiger partial charge is 0.206 e. The van der Waals surface area contributed by atoms with Gasteiger partial charge in [0.1, 0.15) is 4.21 Å². The molecule has 3 nitrogen and oxygen atoms in total. The third-order valence-corrected chi connectivity index (χ3v) is 5.45. The van der Waals surface area contributed by atoms with Gasteiger partial charge in [0.2, 0.25) is 10.0 Å². The maximum absolute atomic E-state index is 11.7. The largest absolute Gasteiger partial charge is 0.250 e. The van der Waals surface area contributed by atoms with Gasteiger partial charge in [-0.2, -0.15) is 0 Å². The molecule has 0 fully saturated rings. The molecule has 2 rings (SSSR count). The van der Waals surface area contributed by atoms with Crippen LogP contribution in [-0.4, -0.2) is 8.42 Å². The normalized spacial score (nSPS) is 11.7. The molecule has 2 aromatic rings. The highest BCUT2D eigenvalue weighted by Crippen LogP contribution is 2.16. The topological polar surface area (TPSA) is 46.2 Å². The molecular formula is C9H9NO2S3. The van der Waals surface area contributed by atoms with E-state index in [4.69, 9.17) is 0 Å². The number of hydrogen-bond acceptors (Lipinski definition) is 4. The van der Waals surface area contributed by atoms with E-state index in [-0.39, 0.29) is 0 Å². The molecule has 6 heteroatoms. The molecule has 0 saturated heterocycles. The predicted octanol–water partition coefficient (Wildman–Crippen LogP) is 2.29. The van der Waals surface area contributed by atoms with Crippen molar-refractivity contribution in [3.05, 3.63) is 39.9 Å². The molecule has 0 radical (unpaired) electrons. The number of thiophene rings is 2. The number of hydrogen-bond donors (Lipinski definition) is 1. The molecular weight excluding hydrogens is 250 g/mol. The van der Waals surface area contributed by atoms with E-state index in [1.807, 2.05) is 17.5 Å². The highest BCUT2D eigenvalue weighted by molar-refractivity contribution is 7.91. The third kappa shape index (κ3) is 2.66. The Labute approximate surface area is 96.4 Å². The lowest BCUT2D eigenvalue weighted by atomic mass is 10.5. The molecule has 0 amide bonds. The maximum atomic E-state index is 11.7. The van der Waals surface area contributed by atoms with Crippen LogP contribution < -0.4 is 4.72 Å². The van der Waals surface area contributed by atoms with E-state index < -0.39 is 10.0 Å². The molecule has 0 spiro atoms. The molecule has 15 heavy (non-hydrogen) atoms. The van der Waals surface area contributed by atoms with Crippen molar-refractivity contribution >= 4 is 32.7 Å². The monoisotopic (exact) mass is 259 g/mol. The van der Waals surface area contributed by atoms with Crippen LogP contribution in [0.25, 0.3) is 0 Å². The minimum atomic E-state index is -3.32. The van der Waals surface area contributed by atoms with Gasteiger partial charge >= 0.3 is 0 Å². The summed E-state index contributed by atoms with van der Waals surface area (Å²) >= 11 is 2.76. The lowest BCUT2D eigenvalue weighted by Gasteiger charge is -2.02. The molecule has 80 valence electrons. The van der Waals surface area contributed by atoms with Gasteiger partial charge in [0.25, 0.3) is 0 Å². The van der Waals surface area contributed by atoms with Crippen LogP contribution in [-0.2, 0) is 16.6 Å². The van der Waals surface area contributed by atoms with Crippen molar-refractivity contribution in [1.29, 1.82) is 0 Å². The fraction of sp³-hybridized carbons (Fsp3) is 0.111. The molecule has 0 atom stereocenters. The van der Waals surface area contributed by atoms with Crippen LogP contribution in [0.15, 0.2) is 39.2 Å². The highest BCUT2D eigenvalue weighted by Gasteiger charge is 2.14. The Bertz CT molecular complexity index is 500. The van der Waals surface area contributed by atoms with E-state index in [1.165, 1.54) is 22.7 Å². The lowest BCUT2D eigenvalue weighted by molar-refractivity contribution is 0.584. The summed E-state index contributed by atoms with van der Waals surface area (Å²) in [6.45, 7) is 0.359. The summed E-state index contributed by atoms with van der Waals surface area (Å²) in [6, 6.07) is 7.13. The number of nitrogens with one attached hydrogen (secondary N) is 1. The second-order valence-corrected chi connectivity index (χ2v) is 6.81. The molecule has 0 aliphatic heterocycles. The van der Waals surface area contributed by atoms with Gasteiger partial charge in [-0.05, 0) is 22.9 Å². The van der Waals surface area contributed by atoms with E-state index in [0.717, 1.165) is 4.88 Å². The van der Waals surface area contributed by atoms with Crippen molar-refractivity contribution in [1.82, 2.24) is 4.72 Å². The van der Waals surface area contributed by atoms with E-state index in [2.05, 4.69) is 4.72 Å². The van der Waals surface area contributed by atoms with Gasteiger partial charge in [0.15, 0.2) is 0 Å². The van der Waals surface area contributed by atoms with Crippen molar-refractivity contribution in [3.63, 3.8) is 0 Å². The second kappa shape index (κ2) is 4.44. The lowest BCUT2D eigenvalue weighted by Crippen LogP contribution is -2.21. The molecule has 2 aromatic heterocycles. The van der Waals surface area contributed by atoms with Crippen LogP contribution in [0, 0.1) is 0 Å². The van der Waals surface area contributed by atoms with Crippen molar-refractivity contribution in [2.75, 3.05) is 0 Å². The zero-order valence-corrected chi connectivity index (χ0v) is 10.2. The Morgan fingerprint density at radius 2 is 1.87 bits per heavy atom.